The van der Waals surface area contributed by atoms with Crippen LogP contribution >= 0.6 is 0 Å². The Morgan fingerprint density at radius 2 is 1.18 bits per heavy atom. The zero-order chi connectivity index (χ0) is 22.9. The van der Waals surface area contributed by atoms with Gasteiger partial charge in [-0.15, -0.1) is 0 Å². The van der Waals surface area contributed by atoms with Crippen LogP contribution in [0.2, 0.25) is 0 Å². The largest absolute Gasteiger partial charge is 0.455 e. The van der Waals surface area contributed by atoms with Gasteiger partial charge in [-0.3, -0.25) is 0 Å². The van der Waals surface area contributed by atoms with Crippen molar-refractivity contribution in [1.29, 1.82) is 0 Å². The van der Waals surface area contributed by atoms with Gasteiger partial charge >= 0.3 is 0 Å². The first-order valence-corrected chi connectivity index (χ1v) is 12.0. The van der Waals surface area contributed by atoms with Crippen molar-refractivity contribution < 1.29 is 4.42 Å². The summed E-state index contributed by atoms with van der Waals surface area (Å²) in [5, 5.41) is 2.49. The normalized spacial score (nSPS) is 16.7. The van der Waals surface area contributed by atoms with Crippen molar-refractivity contribution in [2.45, 2.75) is 52.4 Å². The van der Waals surface area contributed by atoms with Crippen LogP contribution in [0.1, 0.15) is 61.1 Å². The van der Waals surface area contributed by atoms with Gasteiger partial charge in [-0.25, -0.2) is 0 Å². The highest BCUT2D eigenvalue weighted by atomic mass is 16.3. The molecule has 2 aliphatic carbocycles. The minimum atomic E-state index is -0.0949. The van der Waals surface area contributed by atoms with Gasteiger partial charge in [0.25, 0.3) is 0 Å². The monoisotopic (exact) mass is 428 g/mol. The van der Waals surface area contributed by atoms with Crippen LogP contribution in [-0.2, 0) is 10.8 Å². The first kappa shape index (κ1) is 19.2. The Labute approximate surface area is 195 Å². The molecule has 0 saturated heterocycles. The average molecular weight is 429 g/mol. The molecule has 1 nitrogen and oxygen atoms in total. The predicted molar refractivity (Wildman–Crippen MR) is 138 cm³/mol. The molecule has 0 N–H and O–H groups in total. The molecule has 1 aromatic heterocycles. The van der Waals surface area contributed by atoms with E-state index < -0.39 is 0 Å². The summed E-state index contributed by atoms with van der Waals surface area (Å²) >= 11 is 0. The molecular weight excluding hydrogens is 400 g/mol. The highest BCUT2D eigenvalue weighted by molar-refractivity contribution is 6.20. The Bertz CT molecular complexity index is 1670. The molecule has 0 fully saturated rings. The van der Waals surface area contributed by atoms with Crippen molar-refractivity contribution in [3.05, 3.63) is 94.0 Å². The van der Waals surface area contributed by atoms with Gasteiger partial charge in [0.05, 0.1) is 0 Å². The zero-order valence-corrected chi connectivity index (χ0v) is 20.2. The van der Waals surface area contributed by atoms with E-state index in [1.165, 1.54) is 66.4 Å². The number of para-hydroxylation sites is 1. The molecule has 0 radical (unpaired) electrons. The number of rotatable bonds is 0. The Morgan fingerprint density at radius 1 is 0.636 bits per heavy atom. The maximum Gasteiger partial charge on any atom is 0.144 e. The molecule has 162 valence electrons. The van der Waals surface area contributed by atoms with Crippen molar-refractivity contribution in [3.8, 4) is 22.3 Å². The summed E-state index contributed by atoms with van der Waals surface area (Å²) in [6.07, 6.45) is 0. The molecule has 0 saturated carbocycles. The molecule has 7 rings (SSSR count). The molecule has 0 amide bonds. The van der Waals surface area contributed by atoms with Crippen molar-refractivity contribution in [2.75, 3.05) is 0 Å². The second kappa shape index (κ2) is 5.78. The molecular formula is C32H28O. The van der Waals surface area contributed by atoms with Crippen LogP contribution in [0.15, 0.2) is 65.1 Å². The van der Waals surface area contributed by atoms with Crippen LogP contribution in [0.3, 0.4) is 0 Å². The SMILES string of the molecule is Cc1ccc2c(c1)C(C)(C)c1c3c(c4c(oc5ccccc54)c1-2)-c1ccc(C)cc1C3(C)C. The van der Waals surface area contributed by atoms with E-state index >= 15 is 0 Å². The smallest absolute Gasteiger partial charge is 0.144 e. The Hall–Kier alpha value is -3.32. The molecule has 33 heavy (non-hydrogen) atoms. The summed E-state index contributed by atoms with van der Waals surface area (Å²) in [4.78, 5) is 0. The topological polar surface area (TPSA) is 13.1 Å². The lowest BCUT2D eigenvalue weighted by molar-refractivity contribution is 0.599. The zero-order valence-electron chi connectivity index (χ0n) is 20.2. The molecule has 0 unspecified atom stereocenters. The average Bonchev–Trinajstić information content (AvgIpc) is 3.34. The Kier molecular flexibility index (Phi) is 3.36. The minimum absolute atomic E-state index is 0.0817. The number of hydrogen-bond acceptors (Lipinski definition) is 1. The van der Waals surface area contributed by atoms with E-state index in [-0.39, 0.29) is 10.8 Å². The van der Waals surface area contributed by atoms with Gasteiger partial charge in [0, 0.05) is 27.2 Å². The van der Waals surface area contributed by atoms with Crippen LogP contribution in [-0.4, -0.2) is 0 Å². The Morgan fingerprint density at radius 3 is 1.82 bits per heavy atom. The molecule has 0 bridgehead atoms. The second-order valence-corrected chi connectivity index (χ2v) is 11.2. The van der Waals surface area contributed by atoms with Crippen LogP contribution < -0.4 is 0 Å². The summed E-state index contributed by atoms with van der Waals surface area (Å²) in [6, 6.07) is 22.5. The lowest BCUT2D eigenvalue weighted by Crippen LogP contribution is -2.24. The quantitative estimate of drug-likeness (QED) is 0.240. The molecule has 0 atom stereocenters. The molecule has 2 aliphatic rings. The van der Waals surface area contributed by atoms with E-state index in [1.54, 1.807) is 0 Å². The fraction of sp³-hybridized carbons (Fsp3) is 0.250. The second-order valence-electron chi connectivity index (χ2n) is 11.2. The molecule has 4 aromatic carbocycles. The van der Waals surface area contributed by atoms with Crippen molar-refractivity contribution >= 4 is 21.9 Å². The number of aryl methyl sites for hydroxylation is 2. The predicted octanol–water partition coefficient (Wildman–Crippen LogP) is 8.82. The van der Waals surface area contributed by atoms with E-state index in [0.717, 1.165) is 11.2 Å². The molecule has 5 aromatic rings. The molecule has 0 spiro atoms. The number of hydrogen-bond donors (Lipinski definition) is 0. The van der Waals surface area contributed by atoms with E-state index in [1.807, 2.05) is 0 Å². The van der Waals surface area contributed by atoms with Gasteiger partial charge in [-0.2, -0.15) is 0 Å². The summed E-state index contributed by atoms with van der Waals surface area (Å²) < 4.78 is 6.71. The van der Waals surface area contributed by atoms with E-state index in [9.17, 15) is 0 Å². The summed E-state index contributed by atoms with van der Waals surface area (Å²) in [6.45, 7) is 14.0. The number of furan rings is 1. The summed E-state index contributed by atoms with van der Waals surface area (Å²) in [7, 11) is 0. The summed E-state index contributed by atoms with van der Waals surface area (Å²) in [5.74, 6) is 0. The molecule has 0 aliphatic heterocycles. The van der Waals surface area contributed by atoms with Gasteiger partial charge in [0.1, 0.15) is 11.2 Å². The maximum absolute atomic E-state index is 6.71. The van der Waals surface area contributed by atoms with Crippen molar-refractivity contribution in [1.82, 2.24) is 0 Å². The van der Waals surface area contributed by atoms with Crippen LogP contribution in [0.5, 0.6) is 0 Å². The number of fused-ring (bicyclic) bond motifs is 12. The standard InChI is InChI=1S/C32H28O/c1-17-11-13-19-22(15-17)31(3,4)28-25(19)26-21-9-7-8-10-24(21)33-30(26)27-20-14-12-18(2)16-23(20)32(5,6)29(27)28/h7-16H,1-6H3. The maximum atomic E-state index is 6.71. The van der Waals surface area contributed by atoms with Gasteiger partial charge in [-0.1, -0.05) is 93.4 Å². The van der Waals surface area contributed by atoms with E-state index in [2.05, 4.69) is 102 Å². The minimum Gasteiger partial charge on any atom is -0.455 e. The van der Waals surface area contributed by atoms with Crippen LogP contribution in [0.25, 0.3) is 44.2 Å². The number of benzene rings is 4. The summed E-state index contributed by atoms with van der Waals surface area (Å²) in [5.41, 5.74) is 15.6. The molecule has 1 heterocycles. The fourth-order valence-electron chi connectivity index (χ4n) is 6.79. The van der Waals surface area contributed by atoms with E-state index in [4.69, 9.17) is 4.42 Å². The first-order chi connectivity index (χ1) is 15.7. The lowest BCUT2D eigenvalue weighted by Gasteiger charge is -2.31. The van der Waals surface area contributed by atoms with Gasteiger partial charge < -0.3 is 4.42 Å². The third-order valence-corrected chi connectivity index (χ3v) is 8.31. The van der Waals surface area contributed by atoms with Gasteiger partial charge in [0.15, 0.2) is 0 Å². The fourth-order valence-corrected chi connectivity index (χ4v) is 6.79. The van der Waals surface area contributed by atoms with Gasteiger partial charge in [0.2, 0.25) is 0 Å². The highest BCUT2D eigenvalue weighted by Crippen LogP contribution is 2.63. The van der Waals surface area contributed by atoms with Crippen LogP contribution in [0.4, 0.5) is 0 Å². The van der Waals surface area contributed by atoms with Crippen molar-refractivity contribution in [2.24, 2.45) is 0 Å². The third-order valence-electron chi connectivity index (χ3n) is 8.31. The highest BCUT2D eigenvalue weighted by Gasteiger charge is 2.48. The first-order valence-electron chi connectivity index (χ1n) is 12.0. The van der Waals surface area contributed by atoms with E-state index in [0.29, 0.717) is 0 Å². The van der Waals surface area contributed by atoms with Crippen molar-refractivity contribution in [3.63, 3.8) is 0 Å². The van der Waals surface area contributed by atoms with Gasteiger partial charge in [-0.05, 0) is 58.9 Å². The lowest BCUT2D eigenvalue weighted by atomic mass is 9.72. The van der Waals surface area contributed by atoms with Crippen LogP contribution in [0, 0.1) is 13.8 Å². The third kappa shape index (κ3) is 2.14. The Balaban J connectivity index is 1.79. The molecule has 1 heteroatoms.